The zero-order valence-electron chi connectivity index (χ0n) is 17.6. The average Bonchev–Trinajstić information content (AvgIpc) is 3.10. The molecule has 3 aromatic rings. The van der Waals surface area contributed by atoms with Gasteiger partial charge in [0, 0.05) is 16.3 Å². The van der Waals surface area contributed by atoms with Gasteiger partial charge in [0.2, 0.25) is 0 Å². The normalized spacial score (nSPS) is 13.0. The Hall–Kier alpha value is -3.75. The highest BCUT2D eigenvalue weighted by atomic mass is 19.3. The predicted molar refractivity (Wildman–Crippen MR) is 115 cm³/mol. The van der Waals surface area contributed by atoms with Crippen LogP contribution in [0, 0.1) is 5.82 Å². The van der Waals surface area contributed by atoms with E-state index in [9.17, 15) is 22.8 Å². The number of aliphatic carboxylic acids is 1. The Labute approximate surface area is 187 Å². The van der Waals surface area contributed by atoms with Gasteiger partial charge in [-0.3, -0.25) is 9.59 Å². The second-order valence-electron chi connectivity index (χ2n) is 7.44. The van der Waals surface area contributed by atoms with Crippen molar-refractivity contribution < 1.29 is 37.3 Å². The van der Waals surface area contributed by atoms with E-state index in [1.807, 2.05) is 0 Å². The number of carboxylic acid groups (broad SMARTS) is 1. The number of hydrogen-bond acceptors (Lipinski definition) is 4. The highest BCUT2D eigenvalue weighted by molar-refractivity contribution is 6.17. The van der Waals surface area contributed by atoms with Crippen LogP contribution in [0.4, 0.5) is 18.9 Å². The molecule has 0 saturated heterocycles. The zero-order valence-corrected chi connectivity index (χ0v) is 17.6. The van der Waals surface area contributed by atoms with Gasteiger partial charge >= 0.3 is 5.97 Å². The summed E-state index contributed by atoms with van der Waals surface area (Å²) in [5.41, 5.74) is 0.650. The summed E-state index contributed by atoms with van der Waals surface area (Å²) in [6, 6.07) is 10.7. The molecule has 0 spiro atoms. The Morgan fingerprint density at radius 1 is 1.12 bits per heavy atom. The third-order valence-corrected chi connectivity index (χ3v) is 5.30. The maximum Gasteiger partial charge on any atom is 0.307 e. The van der Waals surface area contributed by atoms with Gasteiger partial charge in [0.05, 0.1) is 30.8 Å². The number of benzene rings is 3. The van der Waals surface area contributed by atoms with Crippen LogP contribution in [0.2, 0.25) is 0 Å². The summed E-state index contributed by atoms with van der Waals surface area (Å²) >= 11 is 0. The molecular weight excluding hydrogens is 439 g/mol. The van der Waals surface area contributed by atoms with E-state index in [1.54, 1.807) is 31.2 Å². The van der Waals surface area contributed by atoms with Crippen LogP contribution in [0.1, 0.15) is 28.4 Å². The molecule has 0 aliphatic carbocycles. The van der Waals surface area contributed by atoms with Gasteiger partial charge in [0.15, 0.2) is 0 Å². The maximum absolute atomic E-state index is 14.9. The number of anilines is 1. The van der Waals surface area contributed by atoms with Crippen molar-refractivity contribution in [2.45, 2.75) is 26.3 Å². The Bertz CT molecular complexity index is 1240. The first-order chi connectivity index (χ1) is 15.8. The van der Waals surface area contributed by atoms with Crippen molar-refractivity contribution in [1.82, 2.24) is 0 Å². The molecule has 1 aliphatic heterocycles. The summed E-state index contributed by atoms with van der Waals surface area (Å²) in [5, 5.41) is 9.95. The van der Waals surface area contributed by atoms with Crippen molar-refractivity contribution in [3.8, 4) is 11.5 Å². The highest BCUT2D eigenvalue weighted by Gasteiger charge is 2.38. The number of carbonyl (C=O) groups excluding carboxylic acids is 1. The Balaban J connectivity index is 1.85. The number of rotatable bonds is 8. The molecule has 1 heterocycles. The molecule has 0 radical (unpaired) electrons. The fraction of sp³-hybridized carbons (Fsp3) is 0.250. The van der Waals surface area contributed by atoms with Crippen molar-refractivity contribution in [3.63, 3.8) is 0 Å². The molecule has 0 fully saturated rings. The smallest absolute Gasteiger partial charge is 0.307 e. The summed E-state index contributed by atoms with van der Waals surface area (Å²) < 4.78 is 52.0. The first-order valence-corrected chi connectivity index (χ1v) is 10.2. The molecule has 4 rings (SSSR count). The van der Waals surface area contributed by atoms with Crippen LogP contribution >= 0.6 is 0 Å². The van der Waals surface area contributed by atoms with E-state index in [0.29, 0.717) is 28.7 Å². The first-order valence-electron chi connectivity index (χ1n) is 10.2. The summed E-state index contributed by atoms with van der Waals surface area (Å²) in [6.07, 6.45) is -3.12. The van der Waals surface area contributed by atoms with E-state index in [4.69, 9.17) is 14.6 Å². The van der Waals surface area contributed by atoms with E-state index < -0.39 is 30.7 Å². The van der Waals surface area contributed by atoms with E-state index in [2.05, 4.69) is 0 Å². The van der Waals surface area contributed by atoms with Crippen LogP contribution < -0.4 is 14.4 Å². The second kappa shape index (κ2) is 9.01. The van der Waals surface area contributed by atoms with Crippen LogP contribution in [0.15, 0.2) is 42.5 Å². The molecule has 0 bridgehead atoms. The van der Waals surface area contributed by atoms with Crippen LogP contribution in [0.3, 0.4) is 0 Å². The van der Waals surface area contributed by atoms with Gasteiger partial charge in [-0.25, -0.2) is 13.2 Å². The predicted octanol–water partition coefficient (Wildman–Crippen LogP) is 4.81. The summed E-state index contributed by atoms with van der Waals surface area (Å²) in [6.45, 7) is 1.10. The minimum atomic E-state index is -2.75. The van der Waals surface area contributed by atoms with Crippen molar-refractivity contribution >= 4 is 28.3 Å². The fourth-order valence-corrected chi connectivity index (χ4v) is 4.02. The molecule has 9 heteroatoms. The van der Waals surface area contributed by atoms with Crippen LogP contribution in [-0.4, -0.2) is 36.6 Å². The largest absolute Gasteiger partial charge is 0.493 e. The number of alkyl halides is 2. The van der Waals surface area contributed by atoms with Gasteiger partial charge in [-0.1, -0.05) is 30.3 Å². The summed E-state index contributed by atoms with van der Waals surface area (Å²) in [5.74, 6) is -2.09. The third-order valence-electron chi connectivity index (χ3n) is 5.30. The quantitative estimate of drug-likeness (QED) is 0.523. The number of fused-ring (bicyclic) bond motifs is 2. The van der Waals surface area contributed by atoms with Crippen molar-refractivity contribution in [3.05, 3.63) is 65.0 Å². The number of carbonyl (C=O) groups is 2. The molecule has 0 aromatic heterocycles. The maximum atomic E-state index is 14.9. The Morgan fingerprint density at radius 3 is 2.42 bits per heavy atom. The van der Waals surface area contributed by atoms with Gasteiger partial charge in [0.25, 0.3) is 12.3 Å². The molecular formula is C24H20F3NO5. The molecule has 1 amide bonds. The van der Waals surface area contributed by atoms with Gasteiger partial charge < -0.3 is 19.5 Å². The van der Waals surface area contributed by atoms with E-state index in [1.165, 1.54) is 17.0 Å². The summed E-state index contributed by atoms with van der Waals surface area (Å²) in [4.78, 5) is 25.5. The topological polar surface area (TPSA) is 76.1 Å². The van der Waals surface area contributed by atoms with E-state index >= 15 is 0 Å². The monoisotopic (exact) mass is 459 g/mol. The average molecular weight is 459 g/mol. The number of amides is 1. The van der Waals surface area contributed by atoms with E-state index in [0.717, 1.165) is 6.07 Å². The van der Waals surface area contributed by atoms with E-state index in [-0.39, 0.29) is 35.5 Å². The van der Waals surface area contributed by atoms with Gasteiger partial charge in [0.1, 0.15) is 23.9 Å². The highest BCUT2D eigenvalue weighted by Crippen LogP contribution is 2.46. The number of ether oxygens (including phenoxy) is 2. The molecule has 0 atom stereocenters. The number of hydrogen-bond donors (Lipinski definition) is 1. The molecule has 1 aliphatic rings. The van der Waals surface area contributed by atoms with Gasteiger partial charge in [-0.2, -0.15) is 0 Å². The van der Waals surface area contributed by atoms with Crippen molar-refractivity contribution in [1.29, 1.82) is 0 Å². The van der Waals surface area contributed by atoms with Crippen molar-refractivity contribution in [2.75, 3.05) is 18.1 Å². The van der Waals surface area contributed by atoms with Gasteiger partial charge in [-0.15, -0.1) is 0 Å². The molecule has 0 saturated carbocycles. The first kappa shape index (κ1) is 22.4. The van der Waals surface area contributed by atoms with Crippen LogP contribution in [-0.2, 0) is 17.8 Å². The zero-order chi connectivity index (χ0) is 23.7. The fourth-order valence-electron chi connectivity index (χ4n) is 4.02. The standard InChI is InChI=1S/C24H20F3NO5/c1-2-32-22-14-5-3-4-6-15(14)23(33-12-19(26)27)21-16(22)11-28(24(21)31)18-8-7-13(9-17(18)25)10-20(29)30/h3-9,19H,2,10-12H2,1H3,(H,29,30). The van der Waals surface area contributed by atoms with Crippen molar-refractivity contribution in [2.24, 2.45) is 0 Å². The summed E-state index contributed by atoms with van der Waals surface area (Å²) in [7, 11) is 0. The minimum absolute atomic E-state index is 0.000224. The van der Waals surface area contributed by atoms with Crippen LogP contribution in [0.25, 0.3) is 10.8 Å². The van der Waals surface area contributed by atoms with Crippen LogP contribution in [0.5, 0.6) is 11.5 Å². The lowest BCUT2D eigenvalue weighted by Gasteiger charge is -2.17. The molecule has 0 unspecified atom stereocenters. The molecule has 33 heavy (non-hydrogen) atoms. The minimum Gasteiger partial charge on any atom is -0.493 e. The lowest BCUT2D eigenvalue weighted by molar-refractivity contribution is -0.136. The van der Waals surface area contributed by atoms with Gasteiger partial charge in [-0.05, 0) is 24.6 Å². The number of carboxylic acids is 1. The Morgan fingerprint density at radius 2 is 1.82 bits per heavy atom. The molecule has 1 N–H and O–H groups in total. The number of nitrogens with zero attached hydrogens (tertiary/aromatic N) is 1. The molecule has 6 nitrogen and oxygen atoms in total. The molecule has 172 valence electrons. The number of halogens is 3. The lowest BCUT2D eigenvalue weighted by Crippen LogP contribution is -2.24. The molecule has 3 aromatic carbocycles. The third kappa shape index (κ3) is 4.18. The second-order valence-corrected chi connectivity index (χ2v) is 7.44. The lowest BCUT2D eigenvalue weighted by atomic mass is 9.99. The SMILES string of the molecule is CCOc1c2c(c(OCC(F)F)c3ccccc13)C(=O)N(c1ccc(CC(=O)O)cc1F)C2. The Kier molecular flexibility index (Phi) is 6.13.